The number of aliphatic hydroxyl groups is 3. The van der Waals surface area contributed by atoms with E-state index in [9.17, 15) is 20.1 Å². The summed E-state index contributed by atoms with van der Waals surface area (Å²) in [6.07, 6.45) is 1.31. The van der Waals surface area contributed by atoms with E-state index < -0.39 is 29.7 Å². The average Bonchev–Trinajstić information content (AvgIpc) is 2.89. The van der Waals surface area contributed by atoms with Crippen LogP contribution in [0.1, 0.15) is 19.8 Å². The zero-order chi connectivity index (χ0) is 14.7. The maximum atomic E-state index is 11.8. The molecular formula is C15H20O5. The van der Waals surface area contributed by atoms with E-state index >= 15 is 0 Å². The largest absolute Gasteiger partial charge is 0.458 e. The van der Waals surface area contributed by atoms with Gasteiger partial charge in [-0.05, 0) is 18.9 Å². The number of hydrogen-bond donors (Lipinski definition) is 3. The first kappa shape index (κ1) is 13.8. The van der Waals surface area contributed by atoms with Crippen LogP contribution in [0.25, 0.3) is 0 Å². The van der Waals surface area contributed by atoms with Crippen molar-refractivity contribution in [2.75, 3.05) is 6.61 Å². The molecule has 0 aromatic heterocycles. The smallest absolute Gasteiger partial charge is 0.334 e. The van der Waals surface area contributed by atoms with Crippen LogP contribution in [0, 0.1) is 17.8 Å². The van der Waals surface area contributed by atoms with E-state index in [1.54, 1.807) is 6.92 Å². The molecule has 1 aliphatic heterocycles. The number of carbonyl (C=O) groups is 1. The van der Waals surface area contributed by atoms with Gasteiger partial charge in [0.05, 0.1) is 24.2 Å². The van der Waals surface area contributed by atoms with Gasteiger partial charge >= 0.3 is 5.97 Å². The molecule has 3 N–H and O–H groups in total. The predicted molar refractivity (Wildman–Crippen MR) is 70.5 cm³/mol. The fourth-order valence-corrected chi connectivity index (χ4v) is 4.13. The molecule has 1 saturated carbocycles. The van der Waals surface area contributed by atoms with Crippen LogP contribution in [-0.2, 0) is 9.53 Å². The minimum Gasteiger partial charge on any atom is -0.458 e. The van der Waals surface area contributed by atoms with Crippen LogP contribution in [0.5, 0.6) is 0 Å². The number of fused-ring (bicyclic) bond motifs is 3. The van der Waals surface area contributed by atoms with E-state index in [-0.39, 0.29) is 30.4 Å². The highest BCUT2D eigenvalue weighted by Gasteiger charge is 2.57. The number of aliphatic hydroxyl groups excluding tert-OH is 2. The van der Waals surface area contributed by atoms with E-state index in [1.807, 2.05) is 6.08 Å². The first-order valence-electron chi connectivity index (χ1n) is 6.97. The molecule has 5 nitrogen and oxygen atoms in total. The molecule has 0 unspecified atom stereocenters. The van der Waals surface area contributed by atoms with Gasteiger partial charge in [-0.1, -0.05) is 12.7 Å². The van der Waals surface area contributed by atoms with Crippen molar-refractivity contribution >= 4 is 5.97 Å². The van der Waals surface area contributed by atoms with Gasteiger partial charge in [0.15, 0.2) is 0 Å². The highest BCUT2D eigenvalue weighted by atomic mass is 16.6. The maximum absolute atomic E-state index is 11.8. The third kappa shape index (κ3) is 1.77. The Bertz CT molecular complexity index is 492. The fraction of sp³-hybridized carbons (Fsp3) is 0.667. The zero-order valence-electron chi connectivity index (χ0n) is 11.5. The lowest BCUT2D eigenvalue weighted by Gasteiger charge is -2.34. The van der Waals surface area contributed by atoms with Crippen LogP contribution in [-0.4, -0.2) is 45.7 Å². The van der Waals surface area contributed by atoms with Crippen molar-refractivity contribution in [2.24, 2.45) is 17.8 Å². The van der Waals surface area contributed by atoms with Crippen LogP contribution < -0.4 is 0 Å². The molecule has 0 spiro atoms. The summed E-state index contributed by atoms with van der Waals surface area (Å²) in [5, 5.41) is 30.5. The van der Waals surface area contributed by atoms with Gasteiger partial charge in [-0.15, -0.1) is 0 Å². The second kappa shape index (κ2) is 4.41. The zero-order valence-corrected chi connectivity index (χ0v) is 11.5. The standard InChI is InChI=1S/C15H20O5/c1-7-11-10(17)5-15(2,19)9-4-3-8(6-16)12(9)13(11)20-14(7)18/h3,9-13,16-17,19H,1,4-6H2,2H3/t9-,10+,11-,12+,13+,15-/m1/s1. The first-order valence-corrected chi connectivity index (χ1v) is 6.97. The predicted octanol–water partition coefficient (Wildman–Crippen LogP) is 0.155. The Labute approximate surface area is 117 Å². The molecule has 1 heterocycles. The van der Waals surface area contributed by atoms with Crippen LogP contribution in [0.15, 0.2) is 23.8 Å². The van der Waals surface area contributed by atoms with Gasteiger partial charge in [-0.2, -0.15) is 0 Å². The molecule has 5 heteroatoms. The number of rotatable bonds is 1. The lowest BCUT2D eigenvalue weighted by atomic mass is 9.76. The molecule has 20 heavy (non-hydrogen) atoms. The van der Waals surface area contributed by atoms with Gasteiger partial charge < -0.3 is 20.1 Å². The van der Waals surface area contributed by atoms with E-state index in [4.69, 9.17) is 4.74 Å². The van der Waals surface area contributed by atoms with Crippen molar-refractivity contribution in [3.05, 3.63) is 23.8 Å². The molecule has 1 saturated heterocycles. The van der Waals surface area contributed by atoms with Crippen molar-refractivity contribution in [1.29, 1.82) is 0 Å². The molecule has 3 aliphatic rings. The van der Waals surface area contributed by atoms with Crippen molar-refractivity contribution in [3.63, 3.8) is 0 Å². The van der Waals surface area contributed by atoms with Crippen molar-refractivity contribution in [2.45, 2.75) is 37.6 Å². The summed E-state index contributed by atoms with van der Waals surface area (Å²) in [5.41, 5.74) is -0.0147. The Hall–Kier alpha value is -1.17. The number of ether oxygens (including phenoxy) is 1. The molecule has 0 amide bonds. The lowest BCUT2D eigenvalue weighted by Crippen LogP contribution is -2.40. The monoisotopic (exact) mass is 280 g/mol. The van der Waals surface area contributed by atoms with E-state index in [1.165, 1.54) is 0 Å². The number of allylic oxidation sites excluding steroid dienone is 1. The summed E-state index contributed by atoms with van der Waals surface area (Å²) < 4.78 is 5.41. The molecular weight excluding hydrogens is 260 g/mol. The fourth-order valence-electron chi connectivity index (χ4n) is 4.13. The van der Waals surface area contributed by atoms with Gasteiger partial charge in [0, 0.05) is 23.8 Å². The average molecular weight is 280 g/mol. The molecule has 6 atom stereocenters. The Morgan fingerprint density at radius 3 is 2.85 bits per heavy atom. The third-order valence-electron chi connectivity index (χ3n) is 5.13. The normalized spacial score (nSPS) is 47.4. The van der Waals surface area contributed by atoms with E-state index in [0.29, 0.717) is 6.42 Å². The maximum Gasteiger partial charge on any atom is 0.334 e. The van der Waals surface area contributed by atoms with Crippen molar-refractivity contribution in [1.82, 2.24) is 0 Å². The van der Waals surface area contributed by atoms with Crippen molar-refractivity contribution in [3.8, 4) is 0 Å². The number of carbonyl (C=O) groups excluding carboxylic acids is 1. The molecule has 2 fully saturated rings. The summed E-state index contributed by atoms with van der Waals surface area (Å²) in [7, 11) is 0. The van der Waals surface area contributed by atoms with E-state index in [0.717, 1.165) is 5.57 Å². The topological polar surface area (TPSA) is 87.0 Å². The minimum absolute atomic E-state index is 0.124. The van der Waals surface area contributed by atoms with E-state index in [2.05, 4.69) is 6.58 Å². The quantitative estimate of drug-likeness (QED) is 0.362. The SMILES string of the molecule is C=C1C(=O)O[C@@H]2[C@H]3C(CO)=CC[C@H]3[C@](C)(O)C[C@H](O)[C@@H]12. The summed E-state index contributed by atoms with van der Waals surface area (Å²) in [5.74, 6) is -1.39. The highest BCUT2D eigenvalue weighted by Crippen LogP contribution is 2.52. The second-order valence-corrected chi connectivity index (χ2v) is 6.35. The van der Waals surface area contributed by atoms with Gasteiger partial charge in [-0.3, -0.25) is 0 Å². The molecule has 0 aromatic rings. The second-order valence-electron chi connectivity index (χ2n) is 6.35. The lowest BCUT2D eigenvalue weighted by molar-refractivity contribution is -0.142. The molecule has 110 valence electrons. The van der Waals surface area contributed by atoms with Gasteiger partial charge in [0.25, 0.3) is 0 Å². The van der Waals surface area contributed by atoms with Crippen LogP contribution >= 0.6 is 0 Å². The Morgan fingerprint density at radius 2 is 2.20 bits per heavy atom. The molecule has 0 bridgehead atoms. The summed E-state index contributed by atoms with van der Waals surface area (Å²) in [4.78, 5) is 11.8. The Kier molecular flexibility index (Phi) is 3.04. The third-order valence-corrected chi connectivity index (χ3v) is 5.13. The van der Waals surface area contributed by atoms with Crippen LogP contribution in [0.3, 0.4) is 0 Å². The number of esters is 1. The summed E-state index contributed by atoms with van der Waals surface area (Å²) in [6, 6.07) is 0. The summed E-state index contributed by atoms with van der Waals surface area (Å²) >= 11 is 0. The summed E-state index contributed by atoms with van der Waals surface area (Å²) in [6.45, 7) is 5.30. The minimum atomic E-state index is -1.06. The Balaban J connectivity index is 2.06. The molecule has 3 rings (SSSR count). The highest BCUT2D eigenvalue weighted by molar-refractivity contribution is 5.91. The first-order chi connectivity index (χ1) is 9.36. The van der Waals surface area contributed by atoms with Crippen LogP contribution in [0.2, 0.25) is 0 Å². The van der Waals surface area contributed by atoms with Crippen molar-refractivity contribution < 1.29 is 24.9 Å². The van der Waals surface area contributed by atoms with Crippen LogP contribution in [0.4, 0.5) is 0 Å². The van der Waals surface area contributed by atoms with Gasteiger partial charge in [0.1, 0.15) is 6.10 Å². The van der Waals surface area contributed by atoms with Gasteiger partial charge in [0.2, 0.25) is 0 Å². The molecule has 0 radical (unpaired) electrons. The molecule has 2 aliphatic carbocycles. The number of hydrogen-bond acceptors (Lipinski definition) is 5. The molecule has 0 aromatic carbocycles. The Morgan fingerprint density at radius 1 is 1.50 bits per heavy atom. The van der Waals surface area contributed by atoms with Gasteiger partial charge in [-0.25, -0.2) is 4.79 Å².